The first-order chi connectivity index (χ1) is 12.3. The van der Waals surface area contributed by atoms with Crippen molar-refractivity contribution >= 4 is 52.9 Å². The molecule has 0 aliphatic rings. The molecule has 0 unspecified atom stereocenters. The molecule has 0 bridgehead atoms. The second-order valence-electron chi connectivity index (χ2n) is 5.71. The fraction of sp³-hybridized carbons (Fsp3) is 0.375. The maximum absolute atomic E-state index is 12.4. The molecule has 2 rings (SSSR count). The minimum atomic E-state index is -0.344. The number of carbonyl (C=O) groups excluding carboxylic acids is 2. The summed E-state index contributed by atoms with van der Waals surface area (Å²) in [5.41, 5.74) is 0.507. The number of anilines is 1. The van der Waals surface area contributed by atoms with Crippen LogP contribution >= 0.6 is 35.4 Å². The van der Waals surface area contributed by atoms with E-state index in [2.05, 4.69) is 15.5 Å². The van der Waals surface area contributed by atoms with Gasteiger partial charge in [0.1, 0.15) is 12.4 Å². The summed E-state index contributed by atoms with van der Waals surface area (Å²) >= 11 is 16.9. The zero-order chi connectivity index (χ0) is 19.3. The maximum Gasteiger partial charge on any atom is 0.243 e. The molecule has 2 amide bonds. The lowest BCUT2D eigenvalue weighted by atomic mass is 10.3. The standard InChI is InChI=1S/C16H19Cl2N5O2S/c1-3-4-13-20-21-16(26)23(13)9-15(25)22(2)8-14(24)19-10-5-6-11(17)12(18)7-10/h5-7H,3-4,8-9H2,1-2H3,(H,19,24)(H,21,26). The number of aromatic amines is 1. The normalized spacial score (nSPS) is 10.6. The number of nitrogens with one attached hydrogen (secondary N) is 2. The van der Waals surface area contributed by atoms with E-state index in [9.17, 15) is 9.59 Å². The average Bonchev–Trinajstić information content (AvgIpc) is 2.91. The zero-order valence-electron chi connectivity index (χ0n) is 14.4. The van der Waals surface area contributed by atoms with E-state index < -0.39 is 0 Å². The van der Waals surface area contributed by atoms with E-state index in [0.717, 1.165) is 12.2 Å². The van der Waals surface area contributed by atoms with E-state index >= 15 is 0 Å². The molecular formula is C16H19Cl2N5O2S. The lowest BCUT2D eigenvalue weighted by molar-refractivity contribution is -0.133. The largest absolute Gasteiger partial charge is 0.335 e. The molecule has 0 saturated heterocycles. The number of halogens is 2. The molecule has 26 heavy (non-hydrogen) atoms. The van der Waals surface area contributed by atoms with Gasteiger partial charge in [0.2, 0.25) is 11.8 Å². The third-order valence-electron chi connectivity index (χ3n) is 3.61. The predicted molar refractivity (Wildman–Crippen MR) is 104 cm³/mol. The molecule has 1 aromatic carbocycles. The van der Waals surface area contributed by atoms with Gasteiger partial charge in [-0.15, -0.1) is 0 Å². The lowest BCUT2D eigenvalue weighted by Crippen LogP contribution is -2.37. The van der Waals surface area contributed by atoms with Gasteiger partial charge < -0.3 is 10.2 Å². The Morgan fingerprint density at radius 3 is 2.73 bits per heavy atom. The van der Waals surface area contributed by atoms with E-state index in [1.54, 1.807) is 29.8 Å². The van der Waals surface area contributed by atoms with Crippen LogP contribution in [0.5, 0.6) is 0 Å². The summed E-state index contributed by atoms with van der Waals surface area (Å²) in [6.45, 7) is 1.94. The first-order valence-corrected chi connectivity index (χ1v) is 9.11. The van der Waals surface area contributed by atoms with Gasteiger partial charge in [0.15, 0.2) is 4.77 Å². The molecule has 7 nitrogen and oxygen atoms in total. The van der Waals surface area contributed by atoms with Gasteiger partial charge in [0, 0.05) is 19.2 Å². The SMILES string of the molecule is CCCc1n[nH]c(=S)n1CC(=O)N(C)CC(=O)Nc1ccc(Cl)c(Cl)c1. The molecule has 0 atom stereocenters. The number of aryl methyl sites for hydroxylation is 1. The second kappa shape index (κ2) is 9.16. The highest BCUT2D eigenvalue weighted by Gasteiger charge is 2.16. The molecule has 0 fully saturated rings. The second-order valence-corrected chi connectivity index (χ2v) is 6.91. The minimum Gasteiger partial charge on any atom is -0.335 e. The summed E-state index contributed by atoms with van der Waals surface area (Å²) in [6, 6.07) is 4.77. The first-order valence-electron chi connectivity index (χ1n) is 7.94. The van der Waals surface area contributed by atoms with Crippen molar-refractivity contribution in [1.29, 1.82) is 0 Å². The number of nitrogens with zero attached hydrogens (tertiary/aromatic N) is 3. The highest BCUT2D eigenvalue weighted by molar-refractivity contribution is 7.71. The molecule has 1 heterocycles. The van der Waals surface area contributed by atoms with E-state index in [4.69, 9.17) is 35.4 Å². The Kier molecular flexibility index (Phi) is 7.19. The van der Waals surface area contributed by atoms with Crippen molar-refractivity contribution in [3.05, 3.63) is 38.8 Å². The highest BCUT2D eigenvalue weighted by Crippen LogP contribution is 2.24. The number of aromatic nitrogens is 3. The minimum absolute atomic E-state index is 0.0290. The van der Waals surface area contributed by atoms with Crippen LogP contribution in [0, 0.1) is 4.77 Å². The van der Waals surface area contributed by atoms with Gasteiger partial charge in [-0.2, -0.15) is 5.10 Å². The van der Waals surface area contributed by atoms with Gasteiger partial charge in [-0.1, -0.05) is 30.1 Å². The van der Waals surface area contributed by atoms with Crippen LogP contribution in [0.2, 0.25) is 10.0 Å². The number of hydrogen-bond donors (Lipinski definition) is 2. The van der Waals surface area contributed by atoms with E-state index in [1.165, 1.54) is 4.90 Å². The Morgan fingerprint density at radius 2 is 2.08 bits per heavy atom. The third kappa shape index (κ3) is 5.30. The van der Waals surface area contributed by atoms with Crippen LogP contribution in [0.1, 0.15) is 19.2 Å². The Labute approximate surface area is 166 Å². The smallest absolute Gasteiger partial charge is 0.243 e. The number of rotatable bonds is 7. The van der Waals surface area contributed by atoms with Crippen molar-refractivity contribution in [3.63, 3.8) is 0 Å². The van der Waals surface area contributed by atoms with Crippen LogP contribution in [0.15, 0.2) is 18.2 Å². The van der Waals surface area contributed by atoms with Crippen molar-refractivity contribution in [2.75, 3.05) is 18.9 Å². The zero-order valence-corrected chi connectivity index (χ0v) is 16.7. The number of likely N-dealkylation sites (N-methyl/N-ethyl adjacent to an activating group) is 1. The number of H-pyrrole nitrogens is 1. The fourth-order valence-electron chi connectivity index (χ4n) is 2.26. The lowest BCUT2D eigenvalue weighted by Gasteiger charge is -2.17. The van der Waals surface area contributed by atoms with Gasteiger partial charge >= 0.3 is 0 Å². The molecule has 140 valence electrons. The van der Waals surface area contributed by atoms with E-state index in [0.29, 0.717) is 26.9 Å². The number of amides is 2. The summed E-state index contributed by atoms with van der Waals surface area (Å²) in [5, 5.41) is 10.2. The van der Waals surface area contributed by atoms with Crippen LogP contribution in [0.4, 0.5) is 5.69 Å². The van der Waals surface area contributed by atoms with Crippen molar-refractivity contribution in [3.8, 4) is 0 Å². The third-order valence-corrected chi connectivity index (χ3v) is 4.66. The Bertz CT molecular complexity index is 865. The van der Waals surface area contributed by atoms with Crippen molar-refractivity contribution in [2.45, 2.75) is 26.3 Å². The summed E-state index contributed by atoms with van der Waals surface area (Å²) in [6.07, 6.45) is 1.59. The van der Waals surface area contributed by atoms with Crippen molar-refractivity contribution < 1.29 is 9.59 Å². The summed E-state index contributed by atoms with van der Waals surface area (Å²) in [5.74, 6) is 0.132. The van der Waals surface area contributed by atoms with Crippen LogP contribution in [0.3, 0.4) is 0 Å². The van der Waals surface area contributed by atoms with Crippen LogP contribution in [-0.2, 0) is 22.6 Å². The van der Waals surface area contributed by atoms with Gasteiger partial charge in [-0.05, 0) is 36.8 Å². The molecule has 2 aromatic rings. The van der Waals surface area contributed by atoms with Crippen LogP contribution in [-0.4, -0.2) is 45.1 Å². The van der Waals surface area contributed by atoms with E-state index in [1.807, 2.05) is 6.92 Å². The van der Waals surface area contributed by atoms with Gasteiger partial charge in [-0.25, -0.2) is 0 Å². The summed E-state index contributed by atoms with van der Waals surface area (Å²) in [4.78, 5) is 25.9. The quantitative estimate of drug-likeness (QED) is 0.679. The van der Waals surface area contributed by atoms with Gasteiger partial charge in [0.25, 0.3) is 0 Å². The Hall–Kier alpha value is -1.90. The monoisotopic (exact) mass is 415 g/mol. The molecule has 0 aliphatic heterocycles. The topological polar surface area (TPSA) is 83.0 Å². The van der Waals surface area contributed by atoms with Gasteiger partial charge in [0.05, 0.1) is 16.6 Å². The molecule has 0 saturated carbocycles. The summed E-state index contributed by atoms with van der Waals surface area (Å²) < 4.78 is 2.03. The molecule has 0 aliphatic carbocycles. The molecule has 0 radical (unpaired) electrons. The highest BCUT2D eigenvalue weighted by atomic mass is 35.5. The Morgan fingerprint density at radius 1 is 1.35 bits per heavy atom. The molecule has 10 heteroatoms. The van der Waals surface area contributed by atoms with Crippen molar-refractivity contribution in [2.24, 2.45) is 0 Å². The number of hydrogen-bond acceptors (Lipinski definition) is 4. The van der Waals surface area contributed by atoms with Gasteiger partial charge in [-0.3, -0.25) is 19.3 Å². The number of carbonyl (C=O) groups is 2. The molecular weight excluding hydrogens is 397 g/mol. The maximum atomic E-state index is 12.4. The first kappa shape index (κ1) is 20.4. The molecule has 0 spiro atoms. The Balaban J connectivity index is 1.96. The van der Waals surface area contributed by atoms with E-state index in [-0.39, 0.29) is 24.9 Å². The predicted octanol–water partition coefficient (Wildman–Crippen LogP) is 3.30. The van der Waals surface area contributed by atoms with Crippen LogP contribution in [0.25, 0.3) is 0 Å². The average molecular weight is 416 g/mol. The molecule has 1 aromatic heterocycles. The fourth-order valence-corrected chi connectivity index (χ4v) is 2.78. The van der Waals surface area contributed by atoms with Crippen LogP contribution < -0.4 is 5.32 Å². The van der Waals surface area contributed by atoms with Crippen molar-refractivity contribution in [1.82, 2.24) is 19.7 Å². The number of benzene rings is 1. The molecule has 2 N–H and O–H groups in total. The summed E-state index contributed by atoms with van der Waals surface area (Å²) in [7, 11) is 1.56.